The van der Waals surface area contributed by atoms with E-state index in [2.05, 4.69) is 20.9 Å². The Bertz CT molecular complexity index is 933. The van der Waals surface area contributed by atoms with E-state index >= 15 is 0 Å². The maximum absolute atomic E-state index is 13.0. The van der Waals surface area contributed by atoms with Crippen LogP contribution < -0.4 is 19.3 Å². The van der Waals surface area contributed by atoms with E-state index in [0.717, 1.165) is 55.4 Å². The molecule has 1 N–H and O–H groups in total. The molecule has 1 aromatic carbocycles. The van der Waals surface area contributed by atoms with Crippen molar-refractivity contribution < 1.29 is 19.0 Å². The van der Waals surface area contributed by atoms with Crippen LogP contribution in [0.25, 0.3) is 0 Å². The molecule has 0 bridgehead atoms. The molecule has 7 nitrogen and oxygen atoms in total. The minimum atomic E-state index is -1.35. The van der Waals surface area contributed by atoms with Crippen LogP contribution in [-0.4, -0.2) is 67.0 Å². The molecule has 3 aliphatic heterocycles. The van der Waals surface area contributed by atoms with Crippen molar-refractivity contribution in [3.05, 3.63) is 42.1 Å². The Morgan fingerprint density at radius 1 is 1.19 bits per heavy atom. The lowest BCUT2D eigenvalue weighted by Gasteiger charge is -2.52. The van der Waals surface area contributed by atoms with Crippen molar-refractivity contribution in [2.75, 3.05) is 49.1 Å². The highest BCUT2D eigenvalue weighted by Gasteiger charge is 2.50. The van der Waals surface area contributed by atoms with Crippen molar-refractivity contribution in [3.8, 4) is 11.5 Å². The Labute approximate surface area is 182 Å². The predicted molar refractivity (Wildman–Crippen MR) is 116 cm³/mol. The maximum Gasteiger partial charge on any atom is 0.235 e. The molecule has 2 unspecified atom stereocenters. The summed E-state index contributed by atoms with van der Waals surface area (Å²) in [4.78, 5) is 10.9. The van der Waals surface area contributed by atoms with Gasteiger partial charge in [0.25, 0.3) is 0 Å². The molecule has 5 rings (SSSR count). The first-order chi connectivity index (χ1) is 14.9. The van der Waals surface area contributed by atoms with Gasteiger partial charge in [-0.25, -0.2) is 9.37 Å². The van der Waals surface area contributed by atoms with E-state index in [0.29, 0.717) is 18.9 Å². The molecule has 0 amide bonds. The topological polar surface area (TPSA) is 61.3 Å². The smallest absolute Gasteiger partial charge is 0.235 e. The van der Waals surface area contributed by atoms with Crippen LogP contribution in [0.15, 0.2) is 36.5 Å². The fourth-order valence-electron chi connectivity index (χ4n) is 4.97. The predicted octanol–water partition coefficient (Wildman–Crippen LogP) is 2.77. The lowest BCUT2D eigenvalue weighted by molar-refractivity contribution is -0.104. The molecular formula is C23H29FN4O3. The first-order valence-electron chi connectivity index (χ1n) is 10.9. The minimum absolute atomic E-state index is 0.174. The lowest BCUT2D eigenvalue weighted by atomic mass is 9.79. The Kier molecular flexibility index (Phi) is 5.14. The highest BCUT2D eigenvalue weighted by Crippen LogP contribution is 2.43. The first kappa shape index (κ1) is 20.3. The number of nitrogens with zero attached hydrogens (tertiary/aromatic N) is 4. The van der Waals surface area contributed by atoms with Gasteiger partial charge in [0.2, 0.25) is 6.36 Å². The number of aromatic nitrogens is 1. The number of ether oxygens (including phenoxy) is 2. The van der Waals surface area contributed by atoms with Gasteiger partial charge in [0.15, 0.2) is 6.35 Å². The number of benzene rings is 1. The Morgan fingerprint density at radius 2 is 2.03 bits per heavy atom. The molecular weight excluding hydrogens is 399 g/mol. The zero-order valence-electron chi connectivity index (χ0n) is 18.0. The third-order valence-electron chi connectivity index (χ3n) is 6.48. The van der Waals surface area contributed by atoms with E-state index < -0.39 is 12.7 Å². The molecule has 8 heteroatoms. The highest BCUT2D eigenvalue weighted by molar-refractivity contribution is 5.61. The normalized spacial score (nSPS) is 21.9. The Hall–Kier alpha value is -2.58. The molecule has 1 aromatic heterocycles. The number of aliphatic hydroxyl groups excluding tert-OH is 1. The minimum Gasteiger partial charge on any atom is -0.490 e. The van der Waals surface area contributed by atoms with Gasteiger partial charge in [-0.1, -0.05) is 6.07 Å². The van der Waals surface area contributed by atoms with Gasteiger partial charge in [-0.2, -0.15) is 0 Å². The van der Waals surface area contributed by atoms with Crippen LogP contribution in [0.4, 0.5) is 15.9 Å². The summed E-state index contributed by atoms with van der Waals surface area (Å²) in [6.07, 6.45) is 0.640. The molecule has 2 saturated heterocycles. The average Bonchev–Trinajstić information content (AvgIpc) is 3.17. The van der Waals surface area contributed by atoms with Crippen LogP contribution in [0.5, 0.6) is 11.5 Å². The van der Waals surface area contributed by atoms with E-state index in [1.807, 2.05) is 30.0 Å². The van der Waals surface area contributed by atoms with E-state index in [4.69, 9.17) is 9.47 Å². The molecule has 166 valence electrons. The molecule has 0 saturated carbocycles. The summed E-state index contributed by atoms with van der Waals surface area (Å²) in [6, 6.07) is 9.75. The molecule has 0 aliphatic carbocycles. The van der Waals surface area contributed by atoms with Crippen LogP contribution >= 0.6 is 0 Å². The van der Waals surface area contributed by atoms with Crippen molar-refractivity contribution in [2.45, 2.75) is 33.0 Å². The van der Waals surface area contributed by atoms with E-state index in [1.165, 1.54) is 6.92 Å². The van der Waals surface area contributed by atoms with Gasteiger partial charge in [-0.05, 0) is 43.2 Å². The molecule has 1 spiro atoms. The second-order valence-corrected chi connectivity index (χ2v) is 8.95. The number of fused-ring (bicyclic) bond motifs is 1. The van der Waals surface area contributed by atoms with Crippen molar-refractivity contribution in [3.63, 3.8) is 0 Å². The van der Waals surface area contributed by atoms with Gasteiger partial charge in [-0.15, -0.1) is 0 Å². The summed E-state index contributed by atoms with van der Waals surface area (Å²) < 4.78 is 23.8. The summed E-state index contributed by atoms with van der Waals surface area (Å²) in [7, 11) is 0. The van der Waals surface area contributed by atoms with Crippen LogP contribution in [0, 0.1) is 12.3 Å². The highest BCUT2D eigenvalue weighted by atomic mass is 19.1. The lowest BCUT2D eigenvalue weighted by Crippen LogP contribution is -2.65. The summed E-state index contributed by atoms with van der Waals surface area (Å²) >= 11 is 0. The van der Waals surface area contributed by atoms with Gasteiger partial charge in [-0.3, -0.25) is 4.90 Å². The van der Waals surface area contributed by atoms with Crippen molar-refractivity contribution in [1.29, 1.82) is 0 Å². The number of pyridine rings is 1. The third kappa shape index (κ3) is 3.90. The summed E-state index contributed by atoms with van der Waals surface area (Å²) in [5, 5.41) is 11.1. The van der Waals surface area contributed by atoms with Crippen LogP contribution in [-0.2, 0) is 0 Å². The first-order valence-corrected chi connectivity index (χ1v) is 10.9. The van der Waals surface area contributed by atoms with Gasteiger partial charge in [0.05, 0.1) is 18.4 Å². The molecule has 3 aliphatic rings. The fraction of sp³-hybridized carbons (Fsp3) is 0.522. The Morgan fingerprint density at radius 3 is 2.77 bits per heavy atom. The van der Waals surface area contributed by atoms with Crippen molar-refractivity contribution >= 4 is 11.5 Å². The number of likely N-dealkylation sites (tertiary alicyclic amines) is 1. The molecule has 0 radical (unpaired) electrons. The van der Waals surface area contributed by atoms with E-state index in [-0.39, 0.29) is 5.41 Å². The average molecular weight is 429 g/mol. The number of hydrogen-bond donors (Lipinski definition) is 1. The maximum atomic E-state index is 13.0. The number of aryl methyl sites for hydroxylation is 1. The number of anilines is 2. The number of hydrogen-bond acceptors (Lipinski definition) is 7. The molecule has 2 atom stereocenters. The Balaban J connectivity index is 1.20. The number of halogens is 1. The second kappa shape index (κ2) is 7.84. The number of alkyl halides is 1. The monoisotopic (exact) mass is 428 g/mol. The fourth-order valence-corrected chi connectivity index (χ4v) is 4.97. The largest absolute Gasteiger partial charge is 0.490 e. The van der Waals surface area contributed by atoms with Crippen LogP contribution in [0.3, 0.4) is 0 Å². The van der Waals surface area contributed by atoms with E-state index in [1.54, 1.807) is 12.3 Å². The van der Waals surface area contributed by atoms with Crippen LogP contribution in [0.1, 0.15) is 18.9 Å². The molecule has 4 heterocycles. The SMILES string of the molecule is Cc1ccc2c(c1)OCCN2C(O)N1CC2(CCN(c3ccc(OC(C)F)cn3)C2)C1. The van der Waals surface area contributed by atoms with Crippen molar-refractivity contribution in [2.24, 2.45) is 5.41 Å². The quantitative estimate of drug-likeness (QED) is 0.786. The van der Waals surface area contributed by atoms with Crippen molar-refractivity contribution in [1.82, 2.24) is 9.88 Å². The molecule has 31 heavy (non-hydrogen) atoms. The van der Waals surface area contributed by atoms with Gasteiger partial charge < -0.3 is 24.4 Å². The summed E-state index contributed by atoms with van der Waals surface area (Å²) in [5.41, 5.74) is 2.28. The summed E-state index contributed by atoms with van der Waals surface area (Å²) in [6.45, 7) is 8.17. The zero-order chi connectivity index (χ0) is 21.6. The number of aliphatic hydroxyl groups is 1. The van der Waals surface area contributed by atoms with Gasteiger partial charge in [0.1, 0.15) is 23.9 Å². The zero-order valence-corrected chi connectivity index (χ0v) is 18.0. The van der Waals surface area contributed by atoms with Gasteiger partial charge >= 0.3 is 0 Å². The summed E-state index contributed by atoms with van der Waals surface area (Å²) in [5.74, 6) is 2.16. The molecule has 2 fully saturated rings. The standard InChI is InChI=1S/C23H29FN4O3/c1-16-3-5-19-20(11-16)30-10-9-28(19)22(29)27-14-23(15-27)7-8-26(13-23)21-6-4-18(12-25-21)31-17(2)24/h3-6,11-12,17,22,29H,7-10,13-15H2,1-2H3. The number of rotatable bonds is 5. The van der Waals surface area contributed by atoms with E-state index in [9.17, 15) is 9.50 Å². The van der Waals surface area contributed by atoms with Crippen LogP contribution in [0.2, 0.25) is 0 Å². The third-order valence-corrected chi connectivity index (χ3v) is 6.48. The molecule has 2 aromatic rings. The second-order valence-electron chi connectivity index (χ2n) is 8.95. The van der Waals surface area contributed by atoms with Gasteiger partial charge in [0, 0.05) is 38.5 Å².